The molecule has 1 aromatic carbocycles. The molecule has 2 N–H and O–H groups in total. The fourth-order valence-corrected chi connectivity index (χ4v) is 2.25. The monoisotopic (exact) mass is 277 g/mol. The molecule has 0 amide bonds. The first kappa shape index (κ1) is 13.7. The van der Waals surface area contributed by atoms with Crippen molar-refractivity contribution in [2.45, 2.75) is 26.3 Å². The summed E-state index contributed by atoms with van der Waals surface area (Å²) in [7, 11) is 0. The van der Waals surface area contributed by atoms with Crippen molar-refractivity contribution in [3.8, 4) is 0 Å². The molecule has 0 bridgehead atoms. The van der Waals surface area contributed by atoms with Crippen LogP contribution in [0.1, 0.15) is 30.3 Å². The highest BCUT2D eigenvalue weighted by Gasteiger charge is 2.09. The molecular weight excluding hydrogens is 261 g/mol. The van der Waals surface area contributed by atoms with Gasteiger partial charge in [-0.05, 0) is 30.2 Å². The van der Waals surface area contributed by atoms with Gasteiger partial charge in [-0.3, -0.25) is 0 Å². The van der Waals surface area contributed by atoms with E-state index < -0.39 is 0 Å². The summed E-state index contributed by atoms with van der Waals surface area (Å²) < 4.78 is 15.4. The minimum absolute atomic E-state index is 0.284. The quantitative estimate of drug-likeness (QED) is 0.855. The van der Waals surface area contributed by atoms with Gasteiger partial charge in [0, 0.05) is 30.9 Å². The Morgan fingerprint density at radius 2 is 2.26 bits per heavy atom. The second kappa shape index (κ2) is 5.93. The molecule has 0 aliphatic heterocycles. The Morgan fingerprint density at radius 1 is 1.47 bits per heavy atom. The fraction of sp³-hybridized carbons (Fsp3) is 0.286. The largest absolute Gasteiger partial charge is 0.389 e. The predicted octanol–water partition coefficient (Wildman–Crippen LogP) is 2.66. The number of hydrogen-bond donors (Lipinski definition) is 1. The van der Waals surface area contributed by atoms with Gasteiger partial charge in [-0.25, -0.2) is 9.37 Å². The summed E-state index contributed by atoms with van der Waals surface area (Å²) in [5.74, 6) is 0.702. The lowest BCUT2D eigenvalue weighted by Crippen LogP contribution is -2.15. The van der Waals surface area contributed by atoms with Gasteiger partial charge in [-0.15, -0.1) is 0 Å². The molecule has 0 spiro atoms. The zero-order valence-electron chi connectivity index (χ0n) is 10.8. The minimum Gasteiger partial charge on any atom is -0.389 e. The number of nitrogens with zero attached hydrogens (tertiary/aromatic N) is 2. The molecule has 5 heteroatoms. The molecule has 1 heterocycles. The summed E-state index contributed by atoms with van der Waals surface area (Å²) in [6, 6.07) is 4.48. The number of thiocarbonyl (C=S) groups is 1. The van der Waals surface area contributed by atoms with Crippen molar-refractivity contribution in [3.63, 3.8) is 0 Å². The van der Waals surface area contributed by atoms with Crippen LogP contribution in [0.5, 0.6) is 0 Å². The van der Waals surface area contributed by atoms with Gasteiger partial charge in [0.1, 0.15) is 16.6 Å². The number of benzene rings is 1. The van der Waals surface area contributed by atoms with E-state index in [9.17, 15) is 4.39 Å². The molecule has 3 nitrogen and oxygen atoms in total. The zero-order valence-corrected chi connectivity index (χ0v) is 11.6. The molecule has 2 aromatic rings. The van der Waals surface area contributed by atoms with Gasteiger partial charge >= 0.3 is 0 Å². The van der Waals surface area contributed by atoms with E-state index in [0.717, 1.165) is 24.2 Å². The highest BCUT2D eigenvalue weighted by Crippen LogP contribution is 2.14. The lowest BCUT2D eigenvalue weighted by Gasteiger charge is -2.11. The van der Waals surface area contributed by atoms with Gasteiger partial charge in [0.2, 0.25) is 0 Å². The van der Waals surface area contributed by atoms with E-state index in [1.54, 1.807) is 12.3 Å². The van der Waals surface area contributed by atoms with E-state index in [1.165, 1.54) is 12.1 Å². The predicted molar refractivity (Wildman–Crippen MR) is 77.6 cm³/mol. The lowest BCUT2D eigenvalue weighted by atomic mass is 10.1. The smallest absolute Gasteiger partial charge is 0.123 e. The number of imidazole rings is 1. The van der Waals surface area contributed by atoms with Crippen LogP contribution < -0.4 is 5.73 Å². The Labute approximate surface area is 117 Å². The van der Waals surface area contributed by atoms with Crippen molar-refractivity contribution in [1.29, 1.82) is 0 Å². The number of aromatic nitrogens is 2. The normalized spacial score (nSPS) is 10.6. The van der Waals surface area contributed by atoms with E-state index in [2.05, 4.69) is 11.9 Å². The molecule has 0 saturated carbocycles. The van der Waals surface area contributed by atoms with Gasteiger partial charge in [-0.2, -0.15) is 0 Å². The third kappa shape index (κ3) is 3.17. The Hall–Kier alpha value is -1.75. The van der Waals surface area contributed by atoms with Gasteiger partial charge in [0.15, 0.2) is 0 Å². The van der Waals surface area contributed by atoms with Crippen molar-refractivity contribution in [2.24, 2.45) is 5.73 Å². The molecule has 19 heavy (non-hydrogen) atoms. The van der Waals surface area contributed by atoms with Gasteiger partial charge in [0.25, 0.3) is 0 Å². The Balaban J connectivity index is 2.34. The molecule has 2 rings (SSSR count). The molecule has 0 aliphatic rings. The third-order valence-corrected chi connectivity index (χ3v) is 3.17. The Morgan fingerprint density at radius 3 is 2.95 bits per heavy atom. The van der Waals surface area contributed by atoms with Crippen molar-refractivity contribution in [1.82, 2.24) is 9.55 Å². The number of nitrogens with two attached hydrogens (primary N) is 1. The standard InChI is InChI=1S/C14H16FN3S/c1-2-3-13-17-6-7-18(13)9-10-8-11(15)4-5-12(10)14(16)19/h4-8H,2-3,9H2,1H3,(H2,16,19). The first-order valence-corrected chi connectivity index (χ1v) is 6.61. The first-order chi connectivity index (χ1) is 9.11. The second-order valence-electron chi connectivity index (χ2n) is 4.39. The highest BCUT2D eigenvalue weighted by molar-refractivity contribution is 7.80. The van der Waals surface area contributed by atoms with Crippen molar-refractivity contribution in [2.75, 3.05) is 0 Å². The molecule has 0 fully saturated rings. The highest BCUT2D eigenvalue weighted by atomic mass is 32.1. The Bertz CT molecular complexity index is 592. The van der Waals surface area contributed by atoms with E-state index in [4.69, 9.17) is 18.0 Å². The van der Waals surface area contributed by atoms with Crippen LogP contribution in [0, 0.1) is 5.82 Å². The van der Waals surface area contributed by atoms with Crippen LogP contribution in [0.4, 0.5) is 4.39 Å². The van der Waals surface area contributed by atoms with Gasteiger partial charge in [-0.1, -0.05) is 19.1 Å². The summed E-state index contributed by atoms with van der Waals surface area (Å²) in [5, 5.41) is 0. The van der Waals surface area contributed by atoms with E-state index in [-0.39, 0.29) is 10.8 Å². The van der Waals surface area contributed by atoms with Crippen molar-refractivity contribution < 1.29 is 4.39 Å². The number of hydrogen-bond acceptors (Lipinski definition) is 2. The molecule has 0 aliphatic carbocycles. The fourth-order valence-electron chi connectivity index (χ4n) is 2.05. The van der Waals surface area contributed by atoms with Crippen LogP contribution in [0.25, 0.3) is 0 Å². The van der Waals surface area contributed by atoms with E-state index in [1.807, 2.05) is 10.8 Å². The molecule has 1 aromatic heterocycles. The molecule has 0 radical (unpaired) electrons. The van der Waals surface area contributed by atoms with E-state index in [0.29, 0.717) is 12.1 Å². The first-order valence-electron chi connectivity index (χ1n) is 6.20. The Kier molecular flexibility index (Phi) is 4.27. The number of rotatable bonds is 5. The summed E-state index contributed by atoms with van der Waals surface area (Å²) in [5.41, 5.74) is 7.17. The number of halogens is 1. The number of aryl methyl sites for hydroxylation is 1. The van der Waals surface area contributed by atoms with Crippen LogP contribution in [-0.4, -0.2) is 14.5 Å². The second-order valence-corrected chi connectivity index (χ2v) is 4.83. The van der Waals surface area contributed by atoms with Gasteiger partial charge < -0.3 is 10.3 Å². The lowest BCUT2D eigenvalue weighted by molar-refractivity contribution is 0.621. The van der Waals surface area contributed by atoms with Crippen LogP contribution in [0.3, 0.4) is 0 Å². The average molecular weight is 277 g/mol. The molecule has 0 saturated heterocycles. The van der Waals surface area contributed by atoms with Gasteiger partial charge in [0.05, 0.1) is 0 Å². The van der Waals surface area contributed by atoms with Crippen LogP contribution in [0.15, 0.2) is 30.6 Å². The zero-order chi connectivity index (χ0) is 13.8. The molecule has 100 valence electrons. The summed E-state index contributed by atoms with van der Waals surface area (Å²) in [6.45, 7) is 2.63. The van der Waals surface area contributed by atoms with Crippen molar-refractivity contribution >= 4 is 17.2 Å². The third-order valence-electron chi connectivity index (χ3n) is 2.95. The topological polar surface area (TPSA) is 43.8 Å². The van der Waals surface area contributed by atoms with Crippen LogP contribution >= 0.6 is 12.2 Å². The van der Waals surface area contributed by atoms with Crippen LogP contribution in [0.2, 0.25) is 0 Å². The van der Waals surface area contributed by atoms with Crippen LogP contribution in [-0.2, 0) is 13.0 Å². The molecule has 0 unspecified atom stereocenters. The SMILES string of the molecule is CCCc1nccn1Cc1cc(F)ccc1C(N)=S. The van der Waals surface area contributed by atoms with E-state index >= 15 is 0 Å². The molecule has 0 atom stereocenters. The minimum atomic E-state index is -0.285. The maximum atomic E-state index is 13.4. The summed E-state index contributed by atoms with van der Waals surface area (Å²) in [4.78, 5) is 4.59. The average Bonchev–Trinajstić information content (AvgIpc) is 2.77. The maximum absolute atomic E-state index is 13.4. The van der Waals surface area contributed by atoms with Crippen molar-refractivity contribution in [3.05, 3.63) is 53.4 Å². The maximum Gasteiger partial charge on any atom is 0.123 e. The molecular formula is C14H16FN3S. The summed E-state index contributed by atoms with van der Waals surface area (Å²) >= 11 is 5.00. The summed E-state index contributed by atoms with van der Waals surface area (Å²) in [6.07, 6.45) is 5.55.